The molecule has 2 rings (SSSR count). The molecule has 1 atom stereocenters. The fourth-order valence-electron chi connectivity index (χ4n) is 2.97. The number of aliphatic hydroxyl groups is 2. The summed E-state index contributed by atoms with van der Waals surface area (Å²) in [5.41, 5.74) is 1.15. The monoisotopic (exact) mass is 293 g/mol. The third-order valence-corrected chi connectivity index (χ3v) is 4.30. The second-order valence-electron chi connectivity index (χ2n) is 6.15. The van der Waals surface area contributed by atoms with Gasteiger partial charge in [-0.25, -0.2) is 0 Å². The first-order chi connectivity index (χ1) is 10.2. The molecule has 1 fully saturated rings. The number of nitrogens with one attached hydrogen (secondary N) is 1. The maximum absolute atomic E-state index is 9.91. The molecule has 1 aromatic carbocycles. The van der Waals surface area contributed by atoms with E-state index in [1.807, 2.05) is 30.3 Å². The summed E-state index contributed by atoms with van der Waals surface area (Å²) in [6, 6.07) is 9.95. The van der Waals surface area contributed by atoms with E-state index in [-0.39, 0.29) is 12.0 Å². The zero-order chi connectivity index (χ0) is 15.0. The Labute approximate surface area is 127 Å². The molecule has 0 radical (unpaired) electrons. The van der Waals surface area contributed by atoms with Crippen LogP contribution in [0.4, 0.5) is 0 Å². The quantitative estimate of drug-likeness (QED) is 0.648. The van der Waals surface area contributed by atoms with Crippen LogP contribution >= 0.6 is 0 Å². The normalized spacial score (nSPS) is 18.8. The largest absolute Gasteiger partial charge is 0.396 e. The zero-order valence-electron chi connectivity index (χ0n) is 12.6. The lowest BCUT2D eigenvalue weighted by Crippen LogP contribution is -2.39. The summed E-state index contributed by atoms with van der Waals surface area (Å²) < 4.78 is 5.52. The average Bonchev–Trinajstić information content (AvgIpc) is 2.98. The van der Waals surface area contributed by atoms with E-state index in [0.29, 0.717) is 19.8 Å². The van der Waals surface area contributed by atoms with Crippen LogP contribution in [0.15, 0.2) is 30.3 Å². The first-order valence-corrected chi connectivity index (χ1v) is 7.85. The van der Waals surface area contributed by atoms with Crippen LogP contribution in [0.3, 0.4) is 0 Å². The van der Waals surface area contributed by atoms with Crippen LogP contribution < -0.4 is 5.32 Å². The van der Waals surface area contributed by atoms with Crippen LogP contribution in [0.2, 0.25) is 0 Å². The van der Waals surface area contributed by atoms with Crippen molar-refractivity contribution >= 4 is 0 Å². The fourth-order valence-corrected chi connectivity index (χ4v) is 2.97. The van der Waals surface area contributed by atoms with Gasteiger partial charge < -0.3 is 20.3 Å². The van der Waals surface area contributed by atoms with Crippen molar-refractivity contribution in [2.24, 2.45) is 5.41 Å². The van der Waals surface area contributed by atoms with Crippen molar-refractivity contribution in [1.82, 2.24) is 5.32 Å². The third kappa shape index (κ3) is 5.40. The van der Waals surface area contributed by atoms with Gasteiger partial charge in [-0.2, -0.15) is 0 Å². The molecular formula is C17H27NO3. The van der Waals surface area contributed by atoms with E-state index in [2.05, 4.69) is 5.32 Å². The molecule has 0 amide bonds. The summed E-state index contributed by atoms with van der Waals surface area (Å²) in [6.45, 7) is 2.38. The van der Waals surface area contributed by atoms with Crippen molar-refractivity contribution in [3.63, 3.8) is 0 Å². The highest BCUT2D eigenvalue weighted by atomic mass is 16.5. The number of ether oxygens (including phenoxy) is 1. The van der Waals surface area contributed by atoms with E-state index >= 15 is 0 Å². The number of hydrogen-bond donors (Lipinski definition) is 3. The van der Waals surface area contributed by atoms with E-state index in [9.17, 15) is 10.2 Å². The van der Waals surface area contributed by atoms with Gasteiger partial charge in [0, 0.05) is 25.1 Å². The Hall–Kier alpha value is -0.940. The van der Waals surface area contributed by atoms with Gasteiger partial charge in [-0.15, -0.1) is 0 Å². The van der Waals surface area contributed by atoms with Gasteiger partial charge in [0.2, 0.25) is 0 Å². The highest BCUT2D eigenvalue weighted by molar-refractivity contribution is 5.13. The van der Waals surface area contributed by atoms with Gasteiger partial charge in [-0.3, -0.25) is 0 Å². The smallest absolute Gasteiger partial charge is 0.0897 e. The summed E-state index contributed by atoms with van der Waals surface area (Å²) >= 11 is 0. The second kappa shape index (κ2) is 8.49. The summed E-state index contributed by atoms with van der Waals surface area (Å²) in [7, 11) is 0. The van der Waals surface area contributed by atoms with Gasteiger partial charge in [-0.1, -0.05) is 43.2 Å². The maximum Gasteiger partial charge on any atom is 0.0897 e. The van der Waals surface area contributed by atoms with Crippen LogP contribution in [0.5, 0.6) is 0 Å². The first kappa shape index (κ1) is 16.4. The van der Waals surface area contributed by atoms with Gasteiger partial charge >= 0.3 is 0 Å². The van der Waals surface area contributed by atoms with Gasteiger partial charge in [0.25, 0.3) is 0 Å². The van der Waals surface area contributed by atoms with E-state index in [1.165, 1.54) is 12.8 Å². The summed E-state index contributed by atoms with van der Waals surface area (Å²) in [5.74, 6) is 0. The molecule has 1 saturated carbocycles. The minimum absolute atomic E-state index is 0.0324. The fraction of sp³-hybridized carbons (Fsp3) is 0.647. The Morgan fingerprint density at radius 1 is 1.19 bits per heavy atom. The Morgan fingerprint density at radius 3 is 2.57 bits per heavy atom. The van der Waals surface area contributed by atoms with Crippen LogP contribution in [-0.4, -0.2) is 42.6 Å². The summed E-state index contributed by atoms with van der Waals surface area (Å²) in [6.07, 6.45) is 4.05. The van der Waals surface area contributed by atoms with Crippen LogP contribution in [0.25, 0.3) is 0 Å². The molecule has 0 spiro atoms. The molecule has 0 saturated heterocycles. The first-order valence-electron chi connectivity index (χ1n) is 7.85. The van der Waals surface area contributed by atoms with Crippen molar-refractivity contribution in [1.29, 1.82) is 0 Å². The number of rotatable bonds is 9. The third-order valence-electron chi connectivity index (χ3n) is 4.30. The molecule has 0 aliphatic heterocycles. The molecule has 118 valence electrons. The molecule has 1 aliphatic rings. The van der Waals surface area contributed by atoms with E-state index in [4.69, 9.17) is 4.74 Å². The molecule has 3 N–H and O–H groups in total. The molecule has 1 aliphatic carbocycles. The molecule has 21 heavy (non-hydrogen) atoms. The van der Waals surface area contributed by atoms with E-state index < -0.39 is 6.10 Å². The van der Waals surface area contributed by atoms with Crippen molar-refractivity contribution in [2.75, 3.05) is 26.3 Å². The molecule has 4 nitrogen and oxygen atoms in total. The molecular weight excluding hydrogens is 266 g/mol. The molecule has 4 heteroatoms. The topological polar surface area (TPSA) is 61.7 Å². The van der Waals surface area contributed by atoms with Gasteiger partial charge in [0.05, 0.1) is 19.3 Å². The molecule has 0 heterocycles. The van der Waals surface area contributed by atoms with Crippen molar-refractivity contribution in [3.05, 3.63) is 35.9 Å². The Kier molecular flexibility index (Phi) is 6.64. The summed E-state index contributed by atoms with van der Waals surface area (Å²) in [5, 5.41) is 22.7. The van der Waals surface area contributed by atoms with Gasteiger partial charge in [0.1, 0.15) is 0 Å². The molecule has 0 bridgehead atoms. The number of benzene rings is 1. The van der Waals surface area contributed by atoms with Gasteiger partial charge in [-0.05, 0) is 18.4 Å². The van der Waals surface area contributed by atoms with Crippen LogP contribution in [-0.2, 0) is 11.3 Å². The minimum Gasteiger partial charge on any atom is -0.396 e. The van der Waals surface area contributed by atoms with Crippen molar-refractivity contribution < 1.29 is 14.9 Å². The van der Waals surface area contributed by atoms with Crippen molar-refractivity contribution in [2.45, 2.75) is 38.4 Å². The van der Waals surface area contributed by atoms with Crippen LogP contribution in [0, 0.1) is 5.41 Å². The van der Waals surface area contributed by atoms with E-state index in [1.54, 1.807) is 0 Å². The lowest BCUT2D eigenvalue weighted by molar-refractivity contribution is 0.0262. The summed E-state index contributed by atoms with van der Waals surface area (Å²) in [4.78, 5) is 0. The average molecular weight is 293 g/mol. The van der Waals surface area contributed by atoms with Crippen LogP contribution in [0.1, 0.15) is 31.2 Å². The lowest BCUT2D eigenvalue weighted by atomic mass is 9.87. The standard InChI is InChI=1S/C17H27NO3/c19-14-17(8-4-5-9-17)13-18-10-16(20)12-21-11-15-6-2-1-3-7-15/h1-3,6-7,16,18-20H,4-5,8-14H2. The van der Waals surface area contributed by atoms with E-state index in [0.717, 1.165) is 24.9 Å². The number of aliphatic hydroxyl groups excluding tert-OH is 2. The zero-order valence-corrected chi connectivity index (χ0v) is 12.6. The highest BCUT2D eigenvalue weighted by Gasteiger charge is 2.32. The minimum atomic E-state index is -0.508. The Balaban J connectivity index is 1.58. The van der Waals surface area contributed by atoms with Gasteiger partial charge in [0.15, 0.2) is 0 Å². The predicted molar refractivity (Wildman–Crippen MR) is 83.0 cm³/mol. The highest BCUT2D eigenvalue weighted by Crippen LogP contribution is 2.36. The molecule has 0 aromatic heterocycles. The number of hydrogen-bond acceptors (Lipinski definition) is 4. The van der Waals surface area contributed by atoms with Crippen molar-refractivity contribution in [3.8, 4) is 0 Å². The lowest BCUT2D eigenvalue weighted by Gasteiger charge is -2.27. The predicted octanol–water partition coefficient (Wildman–Crippen LogP) is 1.71. The molecule has 1 unspecified atom stereocenters. The SMILES string of the molecule is OCC1(CNCC(O)COCc2ccccc2)CCCC1. The maximum atomic E-state index is 9.91. The molecule has 1 aromatic rings. The Morgan fingerprint density at radius 2 is 1.90 bits per heavy atom. The second-order valence-corrected chi connectivity index (χ2v) is 6.15. The Bertz CT molecular complexity index is 390.